The lowest BCUT2D eigenvalue weighted by atomic mass is 10.4. The van der Waals surface area contributed by atoms with Crippen LogP contribution in [0.1, 0.15) is 43.1 Å². The second-order valence-electron chi connectivity index (χ2n) is 5.63. The van der Waals surface area contributed by atoms with Crippen LogP contribution in [0, 0.1) is 12.8 Å². The molecule has 4 rings (SSSR count). The summed E-state index contributed by atoms with van der Waals surface area (Å²) in [5, 5.41) is 3.12. The standard InChI is InChI=1S/C7H9ClN4.C5H6N2.C4H6O/c1-9-7-11-5(4-2-3-4)10-6(8)12-7;1-5-2-3-6-4-7-5;5-3-4-1-2-4/h4H,2-3H2,1H3,(H,9,10,11,12);2-4H,1H3;3-4H,1-2H2. The average molecular weight is 349 g/mol. The summed E-state index contributed by atoms with van der Waals surface area (Å²) in [7, 11) is 1.77. The summed E-state index contributed by atoms with van der Waals surface area (Å²) in [6, 6.07) is 1.86. The molecule has 1 N–H and O–H groups in total. The van der Waals surface area contributed by atoms with Crippen molar-refractivity contribution in [1.82, 2.24) is 24.9 Å². The number of carbonyl (C=O) groups is 1. The Hall–Kier alpha value is -2.15. The van der Waals surface area contributed by atoms with Crippen LogP contribution >= 0.6 is 11.6 Å². The van der Waals surface area contributed by atoms with Gasteiger partial charge in [0.05, 0.1) is 0 Å². The first-order valence-corrected chi connectivity index (χ1v) is 8.27. The van der Waals surface area contributed by atoms with E-state index in [1.165, 1.54) is 19.2 Å². The van der Waals surface area contributed by atoms with Gasteiger partial charge < -0.3 is 10.1 Å². The van der Waals surface area contributed by atoms with Crippen molar-refractivity contribution in [3.8, 4) is 0 Å². The first-order valence-electron chi connectivity index (χ1n) is 7.89. The Morgan fingerprint density at radius 2 is 1.96 bits per heavy atom. The number of aryl methyl sites for hydroxylation is 1. The number of nitrogens with one attached hydrogen (secondary N) is 1. The SMILES string of the molecule is CNc1nc(Cl)nc(C2CC2)n1.Cc1ccncn1.O=CC1CC1. The van der Waals surface area contributed by atoms with Crippen LogP contribution in [0.3, 0.4) is 0 Å². The molecule has 0 aromatic carbocycles. The van der Waals surface area contributed by atoms with Crippen molar-refractivity contribution in [2.45, 2.75) is 38.5 Å². The molecule has 128 valence electrons. The van der Waals surface area contributed by atoms with Gasteiger partial charge in [0.25, 0.3) is 0 Å². The summed E-state index contributed by atoms with van der Waals surface area (Å²) in [5.74, 6) is 2.34. The van der Waals surface area contributed by atoms with Crippen molar-refractivity contribution in [3.63, 3.8) is 0 Å². The molecule has 8 heteroatoms. The van der Waals surface area contributed by atoms with Gasteiger partial charge in [-0.25, -0.2) is 15.0 Å². The molecule has 0 radical (unpaired) electrons. The fourth-order valence-corrected chi connectivity index (χ4v) is 1.76. The molecule has 0 aliphatic heterocycles. The topological polar surface area (TPSA) is 93.6 Å². The molecule has 0 bridgehead atoms. The second-order valence-corrected chi connectivity index (χ2v) is 5.97. The molecule has 0 spiro atoms. The average Bonchev–Trinajstić information content (AvgIpc) is 3.50. The maximum absolute atomic E-state index is 9.57. The maximum Gasteiger partial charge on any atom is 0.227 e. The quantitative estimate of drug-likeness (QED) is 0.852. The van der Waals surface area contributed by atoms with Crippen LogP contribution in [0.25, 0.3) is 0 Å². The third-order valence-electron chi connectivity index (χ3n) is 3.34. The van der Waals surface area contributed by atoms with E-state index in [0.29, 0.717) is 17.8 Å². The van der Waals surface area contributed by atoms with Gasteiger partial charge in [0.2, 0.25) is 11.2 Å². The van der Waals surface area contributed by atoms with Gasteiger partial charge >= 0.3 is 0 Å². The van der Waals surface area contributed by atoms with Crippen molar-refractivity contribution in [2.75, 3.05) is 12.4 Å². The van der Waals surface area contributed by atoms with Crippen molar-refractivity contribution < 1.29 is 4.79 Å². The van der Waals surface area contributed by atoms with E-state index in [2.05, 4.69) is 30.2 Å². The van der Waals surface area contributed by atoms with Gasteiger partial charge in [-0.2, -0.15) is 9.97 Å². The normalized spacial score (nSPS) is 15.3. The molecule has 7 nitrogen and oxygen atoms in total. The number of aromatic nitrogens is 5. The van der Waals surface area contributed by atoms with Crippen LogP contribution in [-0.4, -0.2) is 38.3 Å². The summed E-state index contributed by atoms with van der Waals surface area (Å²) in [4.78, 5) is 29.3. The summed E-state index contributed by atoms with van der Waals surface area (Å²) in [6.45, 7) is 1.93. The Bertz CT molecular complexity index is 646. The first-order chi connectivity index (χ1) is 11.6. The molecular weight excluding hydrogens is 328 g/mol. The second kappa shape index (κ2) is 9.22. The minimum atomic E-state index is 0.274. The largest absolute Gasteiger partial charge is 0.357 e. The lowest BCUT2D eigenvalue weighted by Crippen LogP contribution is -2.02. The van der Waals surface area contributed by atoms with Gasteiger partial charge in [-0.05, 0) is 50.3 Å². The van der Waals surface area contributed by atoms with Crippen molar-refractivity contribution in [1.29, 1.82) is 0 Å². The molecule has 2 aromatic rings. The zero-order chi connectivity index (χ0) is 17.4. The minimum absolute atomic E-state index is 0.274. The summed E-state index contributed by atoms with van der Waals surface area (Å²) < 4.78 is 0. The highest BCUT2D eigenvalue weighted by atomic mass is 35.5. The summed E-state index contributed by atoms with van der Waals surface area (Å²) in [5.41, 5.74) is 1.01. The lowest BCUT2D eigenvalue weighted by Gasteiger charge is -2.00. The third kappa shape index (κ3) is 6.95. The first kappa shape index (κ1) is 18.2. The molecule has 2 heterocycles. The highest BCUT2D eigenvalue weighted by Gasteiger charge is 2.27. The van der Waals surface area contributed by atoms with E-state index in [1.54, 1.807) is 13.2 Å². The molecule has 0 atom stereocenters. The third-order valence-corrected chi connectivity index (χ3v) is 3.50. The number of carbonyl (C=O) groups excluding carboxylic acids is 1. The molecule has 2 saturated carbocycles. The smallest absolute Gasteiger partial charge is 0.227 e. The van der Waals surface area contributed by atoms with Gasteiger partial charge in [0, 0.05) is 30.8 Å². The molecule has 0 saturated heterocycles. The molecule has 24 heavy (non-hydrogen) atoms. The Balaban J connectivity index is 0.000000147. The Morgan fingerprint density at radius 1 is 1.21 bits per heavy atom. The van der Waals surface area contributed by atoms with Crippen molar-refractivity contribution in [2.24, 2.45) is 5.92 Å². The predicted octanol–water partition coefficient (Wildman–Crippen LogP) is 2.82. The van der Waals surface area contributed by atoms with Gasteiger partial charge in [0.1, 0.15) is 18.4 Å². The van der Waals surface area contributed by atoms with Crippen LogP contribution < -0.4 is 5.32 Å². The van der Waals surface area contributed by atoms with E-state index < -0.39 is 0 Å². The monoisotopic (exact) mass is 348 g/mol. The molecule has 0 amide bonds. The van der Waals surface area contributed by atoms with Gasteiger partial charge in [-0.3, -0.25) is 0 Å². The van der Waals surface area contributed by atoms with E-state index >= 15 is 0 Å². The lowest BCUT2D eigenvalue weighted by molar-refractivity contribution is -0.108. The fourth-order valence-electron chi connectivity index (χ4n) is 1.59. The highest BCUT2D eigenvalue weighted by molar-refractivity contribution is 6.28. The van der Waals surface area contributed by atoms with E-state index in [-0.39, 0.29) is 5.28 Å². The van der Waals surface area contributed by atoms with Crippen molar-refractivity contribution in [3.05, 3.63) is 35.4 Å². The summed E-state index contributed by atoms with van der Waals surface area (Å²) in [6.07, 6.45) is 8.91. The van der Waals surface area contributed by atoms with E-state index in [1.807, 2.05) is 13.0 Å². The number of rotatable bonds is 3. The van der Waals surface area contributed by atoms with Crippen molar-refractivity contribution >= 4 is 23.8 Å². The molecule has 0 unspecified atom stereocenters. The van der Waals surface area contributed by atoms with E-state index in [9.17, 15) is 4.79 Å². The highest BCUT2D eigenvalue weighted by Crippen LogP contribution is 2.38. The Morgan fingerprint density at radius 3 is 2.33 bits per heavy atom. The van der Waals surface area contributed by atoms with Crippen LogP contribution in [-0.2, 0) is 4.79 Å². The summed E-state index contributed by atoms with van der Waals surface area (Å²) >= 11 is 5.70. The van der Waals surface area contributed by atoms with Crippen LogP contribution in [0.4, 0.5) is 5.95 Å². The molecule has 2 aliphatic rings. The maximum atomic E-state index is 9.57. The number of hydrogen-bond acceptors (Lipinski definition) is 7. The number of aldehydes is 1. The molecular formula is C16H21ClN6O. The van der Waals surface area contributed by atoms with Gasteiger partial charge in [-0.15, -0.1) is 0 Å². The number of halogens is 1. The Labute approximate surface area is 146 Å². The van der Waals surface area contributed by atoms with Crippen LogP contribution in [0.2, 0.25) is 5.28 Å². The molecule has 2 fully saturated rings. The van der Waals surface area contributed by atoms with Crippen LogP contribution in [0.15, 0.2) is 18.6 Å². The number of hydrogen-bond donors (Lipinski definition) is 1. The zero-order valence-electron chi connectivity index (χ0n) is 13.8. The Kier molecular flexibility index (Phi) is 6.99. The minimum Gasteiger partial charge on any atom is -0.357 e. The van der Waals surface area contributed by atoms with E-state index in [0.717, 1.165) is 30.6 Å². The van der Waals surface area contributed by atoms with E-state index in [4.69, 9.17) is 11.6 Å². The predicted molar refractivity (Wildman–Crippen MR) is 91.9 cm³/mol. The number of anilines is 1. The van der Waals surface area contributed by atoms with Gasteiger partial charge in [0.15, 0.2) is 0 Å². The number of nitrogens with zero attached hydrogens (tertiary/aromatic N) is 5. The molecule has 2 aromatic heterocycles. The van der Waals surface area contributed by atoms with Crippen LogP contribution in [0.5, 0.6) is 0 Å². The zero-order valence-corrected chi connectivity index (χ0v) is 14.6. The molecule has 2 aliphatic carbocycles. The van der Waals surface area contributed by atoms with Gasteiger partial charge in [-0.1, -0.05) is 0 Å². The fraction of sp³-hybridized carbons (Fsp3) is 0.500.